The Morgan fingerprint density at radius 1 is 1.04 bits per heavy atom. The number of amides is 3. The van der Waals surface area contributed by atoms with E-state index in [1.165, 1.54) is 16.0 Å². The van der Waals surface area contributed by atoms with Crippen LogP contribution < -0.4 is 10.6 Å². The fourth-order valence-corrected chi connectivity index (χ4v) is 8.54. The fourth-order valence-electron chi connectivity index (χ4n) is 8.54. The summed E-state index contributed by atoms with van der Waals surface area (Å²) in [6.07, 6.45) is 4.62. The van der Waals surface area contributed by atoms with E-state index in [2.05, 4.69) is 10.6 Å². The van der Waals surface area contributed by atoms with Gasteiger partial charge in [0.1, 0.15) is 35.4 Å². The van der Waals surface area contributed by atoms with Gasteiger partial charge in [0.2, 0.25) is 17.7 Å². The quantitative estimate of drug-likeness (QED) is 0.175. The average molecular weight is 767 g/mol. The Labute approximate surface area is 321 Å². The second kappa shape index (κ2) is 15.2. The van der Waals surface area contributed by atoms with Gasteiger partial charge in [-0.1, -0.05) is 24.3 Å². The lowest BCUT2D eigenvalue weighted by Gasteiger charge is -2.48. The molecule has 300 valence electrons. The van der Waals surface area contributed by atoms with Gasteiger partial charge in [0, 0.05) is 57.8 Å². The van der Waals surface area contributed by atoms with Gasteiger partial charge in [0.15, 0.2) is 11.8 Å². The Morgan fingerprint density at radius 3 is 2.33 bits per heavy atom. The maximum absolute atomic E-state index is 14.6. The first-order valence-electron chi connectivity index (χ1n) is 19.5. The lowest BCUT2D eigenvalue weighted by atomic mass is 9.62. The van der Waals surface area contributed by atoms with Crippen molar-refractivity contribution in [3.8, 4) is 0 Å². The van der Waals surface area contributed by atoms with Crippen molar-refractivity contribution in [1.82, 2.24) is 20.6 Å². The number of esters is 2. The molecule has 2 bridgehead atoms. The van der Waals surface area contributed by atoms with Gasteiger partial charge >= 0.3 is 11.9 Å². The van der Waals surface area contributed by atoms with E-state index in [0.29, 0.717) is 0 Å². The zero-order valence-corrected chi connectivity index (χ0v) is 32.3. The van der Waals surface area contributed by atoms with Gasteiger partial charge in [-0.15, -0.1) is 0 Å². The molecular formula is C40H54N4O11. The second-order valence-electron chi connectivity index (χ2n) is 17.0. The monoisotopic (exact) mass is 766 g/mol. The van der Waals surface area contributed by atoms with Gasteiger partial charge in [0.25, 0.3) is 0 Å². The van der Waals surface area contributed by atoms with Gasteiger partial charge in [-0.25, -0.2) is 0 Å². The van der Waals surface area contributed by atoms with Crippen molar-refractivity contribution >= 4 is 35.7 Å². The first-order valence-corrected chi connectivity index (χ1v) is 19.5. The van der Waals surface area contributed by atoms with E-state index in [1.807, 2.05) is 24.3 Å². The molecule has 55 heavy (non-hydrogen) atoms. The number of aliphatic hydroxyl groups is 1. The molecule has 0 aromatic heterocycles. The molecule has 3 saturated heterocycles. The normalized spacial score (nSPS) is 30.0. The highest BCUT2D eigenvalue weighted by atomic mass is 16.8. The van der Waals surface area contributed by atoms with Crippen LogP contribution in [-0.2, 0) is 54.3 Å². The standard InChI is InChI=1S/C40H54N4O11/c1-38(2,3)52-31(48)17-15-27(22-45)42-29(46)18-19-41-37(50)39-20-28-32-33(54-40(53-32,25-11-12-25)26-13-14-26)35(39)55-44(34(39)36(49)51-28)21-24-8-6-23(7-9-24)10-16-30(47)43(4)5/h6-10,16,25-28,32-35,45H,11-15,17-22H2,1-5H3,(H,41,50)(H,42,46)/t27-,28+,32-,33-,34-,35+,39-/m0/s1. The smallest absolute Gasteiger partial charge is 0.327 e. The maximum Gasteiger partial charge on any atom is 0.327 e. The lowest BCUT2D eigenvalue weighted by Crippen LogP contribution is -2.69. The third-order valence-corrected chi connectivity index (χ3v) is 11.4. The minimum Gasteiger partial charge on any atom is -0.460 e. The average Bonchev–Trinajstić information content (AvgIpc) is 4.08. The SMILES string of the molecule is CN(C)C(=O)C=Cc1ccc(CN2O[C@@H]3[C@H]4OC(C5CC5)(C5CC5)O[C@H]4[C@H]4C[C@]3(C(=O)NCCC(=O)N[C@H](CO)CCC(=O)OC(C)(C)C)[C@@H]2C(=O)O4)cc1. The molecule has 6 fully saturated rings. The summed E-state index contributed by atoms with van der Waals surface area (Å²) in [6, 6.07) is 5.73. The molecule has 7 rings (SSSR count). The van der Waals surface area contributed by atoms with Crippen LogP contribution in [0.3, 0.4) is 0 Å². The van der Waals surface area contributed by atoms with Crippen LogP contribution in [0.2, 0.25) is 0 Å². The minimum atomic E-state index is -1.39. The van der Waals surface area contributed by atoms with Crippen molar-refractivity contribution in [3.05, 3.63) is 41.5 Å². The number of aliphatic hydroxyl groups excluding tert-OH is 1. The third kappa shape index (κ3) is 8.04. The van der Waals surface area contributed by atoms with Gasteiger partial charge in [0.05, 0.1) is 19.2 Å². The second-order valence-corrected chi connectivity index (χ2v) is 17.0. The van der Waals surface area contributed by atoms with Crippen LogP contribution in [0.25, 0.3) is 6.08 Å². The van der Waals surface area contributed by atoms with Crippen molar-refractivity contribution in [2.75, 3.05) is 27.2 Å². The van der Waals surface area contributed by atoms with Gasteiger partial charge in [-0.3, -0.25) is 28.8 Å². The number of carbonyl (C=O) groups excluding carboxylic acids is 5. The van der Waals surface area contributed by atoms with Crippen LogP contribution in [0.15, 0.2) is 30.3 Å². The van der Waals surface area contributed by atoms with E-state index in [1.54, 1.807) is 40.9 Å². The predicted octanol–water partition coefficient (Wildman–Crippen LogP) is 1.99. The number of benzene rings is 1. The van der Waals surface area contributed by atoms with Crippen molar-refractivity contribution in [2.24, 2.45) is 17.3 Å². The van der Waals surface area contributed by atoms with E-state index in [4.69, 9.17) is 23.8 Å². The van der Waals surface area contributed by atoms with Crippen molar-refractivity contribution in [3.63, 3.8) is 0 Å². The molecular weight excluding hydrogens is 712 g/mol. The Kier molecular flexibility index (Phi) is 10.9. The summed E-state index contributed by atoms with van der Waals surface area (Å²) < 4.78 is 25.1. The van der Waals surface area contributed by atoms with Crippen LogP contribution in [0.5, 0.6) is 0 Å². The van der Waals surface area contributed by atoms with E-state index in [9.17, 15) is 29.1 Å². The largest absolute Gasteiger partial charge is 0.460 e. The van der Waals surface area contributed by atoms with Gasteiger partial charge in [-0.05, 0) is 70.1 Å². The number of hydrogen-bond donors (Lipinski definition) is 3. The molecule has 3 saturated carbocycles. The number of nitrogens with one attached hydrogen (secondary N) is 2. The Morgan fingerprint density at radius 2 is 1.71 bits per heavy atom. The molecule has 0 radical (unpaired) electrons. The predicted molar refractivity (Wildman–Crippen MR) is 195 cm³/mol. The highest BCUT2D eigenvalue weighted by molar-refractivity contribution is 5.94. The molecule has 3 heterocycles. The van der Waals surface area contributed by atoms with Crippen LogP contribution in [-0.4, -0.2) is 120 Å². The van der Waals surface area contributed by atoms with E-state index in [-0.39, 0.29) is 63.1 Å². The summed E-state index contributed by atoms with van der Waals surface area (Å²) in [7, 11) is 3.36. The molecule has 0 unspecified atom stereocenters. The Balaban J connectivity index is 1.07. The van der Waals surface area contributed by atoms with Gasteiger partial charge < -0.3 is 39.6 Å². The third-order valence-electron chi connectivity index (χ3n) is 11.4. The van der Waals surface area contributed by atoms with E-state index < -0.39 is 77.1 Å². The summed E-state index contributed by atoms with van der Waals surface area (Å²) >= 11 is 0. The summed E-state index contributed by atoms with van der Waals surface area (Å²) in [6.45, 7) is 5.05. The zero-order valence-electron chi connectivity index (χ0n) is 32.3. The molecule has 15 heteroatoms. The zero-order chi connectivity index (χ0) is 39.3. The molecule has 3 aliphatic carbocycles. The molecule has 6 aliphatic rings. The minimum absolute atomic E-state index is 0.0221. The molecule has 1 aromatic rings. The molecule has 0 spiro atoms. The van der Waals surface area contributed by atoms with Crippen LogP contribution in [0.1, 0.15) is 83.3 Å². The first kappa shape index (κ1) is 39.3. The van der Waals surface area contributed by atoms with Crippen molar-refractivity contribution < 1.29 is 52.9 Å². The number of hydroxylamine groups is 2. The molecule has 3 amide bonds. The number of fused-ring (bicyclic) bond motifs is 4. The number of carbonyl (C=O) groups is 5. The van der Waals surface area contributed by atoms with Crippen molar-refractivity contribution in [1.29, 1.82) is 0 Å². The Bertz CT molecular complexity index is 1670. The van der Waals surface area contributed by atoms with Crippen LogP contribution in [0.4, 0.5) is 0 Å². The van der Waals surface area contributed by atoms with Gasteiger partial charge in [-0.2, -0.15) is 5.06 Å². The Hall–Kier alpha value is -3.89. The van der Waals surface area contributed by atoms with Crippen molar-refractivity contribution in [2.45, 2.75) is 127 Å². The summed E-state index contributed by atoms with van der Waals surface area (Å²) in [5, 5.41) is 17.0. The number of nitrogens with zero attached hydrogens (tertiary/aromatic N) is 2. The number of ether oxygens (including phenoxy) is 4. The fraction of sp³-hybridized carbons (Fsp3) is 0.675. The van der Waals surface area contributed by atoms with E-state index in [0.717, 1.165) is 36.8 Å². The summed E-state index contributed by atoms with van der Waals surface area (Å²) in [5.74, 6) is -2.30. The highest BCUT2D eigenvalue weighted by Gasteiger charge is 2.78. The van der Waals surface area contributed by atoms with E-state index >= 15 is 0 Å². The molecule has 15 nitrogen and oxygen atoms in total. The van der Waals surface area contributed by atoms with Crippen LogP contribution in [0, 0.1) is 17.3 Å². The molecule has 7 atom stereocenters. The number of likely N-dealkylation sites (N-methyl/N-ethyl adjacent to an activating group) is 1. The maximum atomic E-state index is 14.6. The molecule has 3 aliphatic heterocycles. The first-order chi connectivity index (χ1) is 26.1. The summed E-state index contributed by atoms with van der Waals surface area (Å²) in [4.78, 5) is 73.9. The molecule has 1 aromatic carbocycles. The van der Waals surface area contributed by atoms with Crippen LogP contribution >= 0.6 is 0 Å². The molecule has 3 N–H and O–H groups in total. The highest BCUT2D eigenvalue weighted by Crippen LogP contribution is 2.63. The topological polar surface area (TPSA) is 182 Å². The summed E-state index contributed by atoms with van der Waals surface area (Å²) in [5.41, 5.74) is -0.401. The number of hydrogen-bond acceptors (Lipinski definition) is 12. The number of rotatable bonds is 15. The lowest BCUT2D eigenvalue weighted by molar-refractivity contribution is -0.235.